The van der Waals surface area contributed by atoms with Gasteiger partial charge in [0, 0.05) is 18.1 Å². The van der Waals surface area contributed by atoms with E-state index in [0.29, 0.717) is 26.8 Å². The quantitative estimate of drug-likeness (QED) is 0.468. The maximum Gasteiger partial charge on any atom is 0.277 e. The van der Waals surface area contributed by atoms with Crippen molar-refractivity contribution >= 4 is 58.0 Å². The summed E-state index contributed by atoms with van der Waals surface area (Å²) in [6, 6.07) is 15.6. The monoisotopic (exact) mass is 450 g/mol. The molecule has 0 aliphatic heterocycles. The molecule has 1 N–H and O–H groups in total. The number of pyridine rings is 1. The summed E-state index contributed by atoms with van der Waals surface area (Å²) in [5.74, 6) is -0.374. The van der Waals surface area contributed by atoms with Gasteiger partial charge in [0.05, 0.1) is 21.1 Å². The average Bonchev–Trinajstić information content (AvgIpc) is 2.78. The van der Waals surface area contributed by atoms with Crippen molar-refractivity contribution in [2.45, 2.75) is 6.54 Å². The van der Waals surface area contributed by atoms with Gasteiger partial charge in [0.15, 0.2) is 0 Å². The molecule has 8 heteroatoms. The van der Waals surface area contributed by atoms with Gasteiger partial charge in [-0.15, -0.1) is 0 Å². The number of hydrogen-bond donors (Lipinski definition) is 1. The zero-order valence-electron chi connectivity index (χ0n) is 16.1. The van der Waals surface area contributed by atoms with Gasteiger partial charge < -0.3 is 5.32 Å². The Morgan fingerprint density at radius 2 is 1.77 bits per heavy atom. The van der Waals surface area contributed by atoms with E-state index >= 15 is 0 Å². The fraction of sp³-hybridized carbons (Fsp3) is 0.0435. The summed E-state index contributed by atoms with van der Waals surface area (Å²) in [5.41, 5.74) is 2.42. The third-order valence-electron chi connectivity index (χ3n) is 4.52. The maximum atomic E-state index is 13.1. The number of rotatable bonds is 5. The molecule has 2 aromatic heterocycles. The van der Waals surface area contributed by atoms with Crippen LogP contribution in [-0.4, -0.2) is 20.4 Å². The normalized spacial score (nSPS) is 11.2. The van der Waals surface area contributed by atoms with Gasteiger partial charge in [-0.25, -0.2) is 4.98 Å². The van der Waals surface area contributed by atoms with Crippen LogP contribution in [0.5, 0.6) is 0 Å². The van der Waals surface area contributed by atoms with Crippen molar-refractivity contribution in [3.05, 3.63) is 98.6 Å². The van der Waals surface area contributed by atoms with Crippen molar-refractivity contribution in [1.29, 1.82) is 0 Å². The summed E-state index contributed by atoms with van der Waals surface area (Å²) in [7, 11) is 0. The number of benzene rings is 2. The number of anilines is 1. The molecule has 0 saturated carbocycles. The van der Waals surface area contributed by atoms with E-state index < -0.39 is 0 Å². The topological polar surface area (TPSA) is 76.9 Å². The number of para-hydroxylation sites is 2. The van der Waals surface area contributed by atoms with Gasteiger partial charge in [0.25, 0.3) is 5.56 Å². The van der Waals surface area contributed by atoms with Gasteiger partial charge in [0.2, 0.25) is 5.91 Å². The molecule has 0 spiro atoms. The Kier molecular flexibility index (Phi) is 6.11. The van der Waals surface area contributed by atoms with Crippen molar-refractivity contribution in [1.82, 2.24) is 14.5 Å². The van der Waals surface area contributed by atoms with Gasteiger partial charge in [-0.05, 0) is 54.1 Å². The molecule has 0 fully saturated rings. The van der Waals surface area contributed by atoms with Crippen molar-refractivity contribution in [3.8, 4) is 0 Å². The van der Waals surface area contributed by atoms with Crippen LogP contribution in [-0.2, 0) is 11.3 Å². The van der Waals surface area contributed by atoms with Crippen molar-refractivity contribution in [3.63, 3.8) is 0 Å². The molecule has 0 unspecified atom stereocenters. The second-order valence-corrected chi connectivity index (χ2v) is 7.48. The van der Waals surface area contributed by atoms with E-state index in [4.69, 9.17) is 23.2 Å². The Labute approximate surface area is 187 Å². The summed E-state index contributed by atoms with van der Waals surface area (Å²) in [5, 5.41) is 3.46. The summed E-state index contributed by atoms with van der Waals surface area (Å²) >= 11 is 11.9. The number of nitrogens with one attached hydrogen (secondary N) is 1. The van der Waals surface area contributed by atoms with Gasteiger partial charge >= 0.3 is 0 Å². The van der Waals surface area contributed by atoms with Crippen LogP contribution in [0.4, 0.5) is 5.69 Å². The molecule has 1 amide bonds. The van der Waals surface area contributed by atoms with Crippen LogP contribution in [0.3, 0.4) is 0 Å². The minimum atomic E-state index is -0.374. The number of hydrogen-bond acceptors (Lipinski definition) is 4. The SMILES string of the molecule is O=C(Cn1c(=O)c(/C=C/c2ccncc2)nc2ccccc21)Nc1ccc(Cl)c(Cl)c1. The number of carbonyl (C=O) groups is 1. The second-order valence-electron chi connectivity index (χ2n) is 6.67. The van der Waals surface area contributed by atoms with E-state index in [-0.39, 0.29) is 23.7 Å². The molecule has 2 aromatic carbocycles. The lowest BCUT2D eigenvalue weighted by Gasteiger charge is -2.12. The van der Waals surface area contributed by atoms with Crippen LogP contribution in [0.2, 0.25) is 10.0 Å². The zero-order chi connectivity index (χ0) is 21.8. The minimum Gasteiger partial charge on any atom is -0.324 e. The molecule has 2 heterocycles. The number of carbonyl (C=O) groups excluding carboxylic acids is 1. The van der Waals surface area contributed by atoms with Gasteiger partial charge in [-0.3, -0.25) is 19.1 Å². The molecular weight excluding hydrogens is 435 g/mol. The highest BCUT2D eigenvalue weighted by Gasteiger charge is 2.13. The third kappa shape index (κ3) is 4.82. The Bertz CT molecular complexity index is 1350. The fourth-order valence-electron chi connectivity index (χ4n) is 3.05. The van der Waals surface area contributed by atoms with Crippen LogP contribution in [0.15, 0.2) is 71.8 Å². The van der Waals surface area contributed by atoms with Crippen molar-refractivity contribution in [2.24, 2.45) is 0 Å². The highest BCUT2D eigenvalue weighted by molar-refractivity contribution is 6.42. The molecule has 0 bridgehead atoms. The highest BCUT2D eigenvalue weighted by atomic mass is 35.5. The number of fused-ring (bicyclic) bond motifs is 1. The van der Waals surface area contributed by atoms with E-state index in [9.17, 15) is 9.59 Å². The van der Waals surface area contributed by atoms with E-state index in [1.165, 1.54) is 4.57 Å². The van der Waals surface area contributed by atoms with Crippen LogP contribution >= 0.6 is 23.2 Å². The predicted octanol–water partition coefficient (Wildman–Crippen LogP) is 4.91. The Morgan fingerprint density at radius 1 is 1.00 bits per heavy atom. The largest absolute Gasteiger partial charge is 0.324 e. The second kappa shape index (κ2) is 9.12. The number of amides is 1. The van der Waals surface area contributed by atoms with Crippen LogP contribution in [0.1, 0.15) is 11.3 Å². The Hall–Kier alpha value is -3.48. The molecule has 0 saturated heterocycles. The summed E-state index contributed by atoms with van der Waals surface area (Å²) in [6.45, 7) is -0.182. The lowest BCUT2D eigenvalue weighted by atomic mass is 10.2. The fourth-order valence-corrected chi connectivity index (χ4v) is 3.34. The zero-order valence-corrected chi connectivity index (χ0v) is 17.6. The third-order valence-corrected chi connectivity index (χ3v) is 5.26. The average molecular weight is 451 g/mol. The number of aromatic nitrogens is 3. The van der Waals surface area contributed by atoms with E-state index in [2.05, 4.69) is 15.3 Å². The highest BCUT2D eigenvalue weighted by Crippen LogP contribution is 2.25. The van der Waals surface area contributed by atoms with Crippen LogP contribution in [0, 0.1) is 0 Å². The van der Waals surface area contributed by atoms with Crippen molar-refractivity contribution in [2.75, 3.05) is 5.32 Å². The van der Waals surface area contributed by atoms with Crippen LogP contribution < -0.4 is 10.9 Å². The first-order valence-electron chi connectivity index (χ1n) is 9.34. The maximum absolute atomic E-state index is 13.1. The first-order chi connectivity index (χ1) is 15.0. The molecule has 31 heavy (non-hydrogen) atoms. The van der Waals surface area contributed by atoms with E-state index in [1.807, 2.05) is 18.2 Å². The van der Waals surface area contributed by atoms with Gasteiger partial charge in [-0.2, -0.15) is 0 Å². The number of nitrogens with zero attached hydrogens (tertiary/aromatic N) is 3. The van der Waals surface area contributed by atoms with Gasteiger partial charge in [0.1, 0.15) is 12.2 Å². The summed E-state index contributed by atoms with van der Waals surface area (Å²) in [4.78, 5) is 34.2. The summed E-state index contributed by atoms with van der Waals surface area (Å²) < 4.78 is 1.40. The standard InChI is InChI=1S/C23H16Cl2N4O2/c24-17-7-6-16(13-18(17)25)27-22(30)14-29-21-4-2-1-3-19(21)28-20(23(29)31)8-5-15-9-11-26-12-10-15/h1-13H,14H2,(H,27,30)/b8-5+. The smallest absolute Gasteiger partial charge is 0.277 e. The molecule has 0 radical (unpaired) electrons. The molecule has 6 nitrogen and oxygen atoms in total. The van der Waals surface area contributed by atoms with E-state index in [1.54, 1.807) is 60.9 Å². The minimum absolute atomic E-state index is 0.182. The predicted molar refractivity (Wildman–Crippen MR) is 124 cm³/mol. The summed E-state index contributed by atoms with van der Waals surface area (Å²) in [6.07, 6.45) is 6.75. The molecule has 4 rings (SSSR count). The van der Waals surface area contributed by atoms with Gasteiger partial charge in [-0.1, -0.05) is 41.4 Å². The molecular formula is C23H16Cl2N4O2. The Morgan fingerprint density at radius 3 is 2.55 bits per heavy atom. The Balaban J connectivity index is 1.68. The molecule has 0 aliphatic rings. The molecule has 0 aliphatic carbocycles. The first-order valence-corrected chi connectivity index (χ1v) is 10.1. The lowest BCUT2D eigenvalue weighted by Crippen LogP contribution is -2.30. The molecule has 0 atom stereocenters. The lowest BCUT2D eigenvalue weighted by molar-refractivity contribution is -0.116. The van der Waals surface area contributed by atoms with Crippen LogP contribution in [0.25, 0.3) is 23.2 Å². The van der Waals surface area contributed by atoms with Crippen molar-refractivity contribution < 1.29 is 4.79 Å². The van der Waals surface area contributed by atoms with E-state index in [0.717, 1.165) is 5.56 Å². The first kappa shape index (κ1) is 20.8. The number of halogens is 2. The molecule has 154 valence electrons. The molecule has 4 aromatic rings.